The van der Waals surface area contributed by atoms with Gasteiger partial charge in [0.2, 0.25) is 0 Å². The van der Waals surface area contributed by atoms with Crippen LogP contribution in [0.15, 0.2) is 34.9 Å². The van der Waals surface area contributed by atoms with Crippen molar-refractivity contribution in [2.75, 3.05) is 38.0 Å². The van der Waals surface area contributed by atoms with Crippen molar-refractivity contribution >= 4 is 11.6 Å². The molecule has 0 bridgehead atoms. The van der Waals surface area contributed by atoms with E-state index in [1.807, 2.05) is 43.7 Å². The van der Waals surface area contributed by atoms with Gasteiger partial charge in [-0.3, -0.25) is 4.79 Å². The number of anilines is 1. The van der Waals surface area contributed by atoms with Gasteiger partial charge >= 0.3 is 0 Å². The summed E-state index contributed by atoms with van der Waals surface area (Å²) in [6, 6.07) is 10.2. The Bertz CT molecular complexity index is 1040. The van der Waals surface area contributed by atoms with E-state index in [-0.39, 0.29) is 5.91 Å². The lowest BCUT2D eigenvalue weighted by molar-refractivity contribution is -1.02. The van der Waals surface area contributed by atoms with E-state index < -0.39 is 0 Å². The van der Waals surface area contributed by atoms with Crippen molar-refractivity contribution in [3.05, 3.63) is 58.7 Å². The van der Waals surface area contributed by atoms with Crippen molar-refractivity contribution in [3.63, 3.8) is 0 Å². The summed E-state index contributed by atoms with van der Waals surface area (Å²) in [7, 11) is 0. The van der Waals surface area contributed by atoms with E-state index in [2.05, 4.69) is 34.6 Å². The largest absolute Gasteiger partial charge is 0.361 e. The predicted octanol–water partition coefficient (Wildman–Crippen LogP) is 0.0161. The third-order valence-electron chi connectivity index (χ3n) is 6.02. The highest BCUT2D eigenvalue weighted by atomic mass is 16.5. The highest BCUT2D eigenvalue weighted by Gasteiger charge is 2.26. The van der Waals surface area contributed by atoms with Gasteiger partial charge in [0.25, 0.3) is 5.91 Å². The lowest BCUT2D eigenvalue weighted by Crippen LogP contribution is -3.28. The van der Waals surface area contributed by atoms with Crippen LogP contribution in [0.5, 0.6) is 0 Å². The molecule has 1 amide bonds. The number of piperazine rings is 1. The number of nitrogens with one attached hydrogen (secondary N) is 3. The molecule has 3 aromatic rings. The molecule has 0 atom stereocenters. The van der Waals surface area contributed by atoms with Crippen LogP contribution in [0.1, 0.15) is 28.4 Å². The van der Waals surface area contributed by atoms with Crippen LogP contribution >= 0.6 is 0 Å². The quantitative estimate of drug-likeness (QED) is 0.521. The van der Waals surface area contributed by atoms with Gasteiger partial charge in [0.15, 0.2) is 6.54 Å². The fraction of sp³-hybridized carbons (Fsp3) is 0.435. The second kappa shape index (κ2) is 9.03. The van der Waals surface area contributed by atoms with Gasteiger partial charge in [-0.15, -0.1) is 0 Å². The smallest absolute Gasteiger partial charge is 0.279 e. The van der Waals surface area contributed by atoms with E-state index in [0.717, 1.165) is 66.9 Å². The highest BCUT2D eigenvalue weighted by molar-refractivity contribution is 5.92. The summed E-state index contributed by atoms with van der Waals surface area (Å²) in [4.78, 5) is 15.6. The molecule has 0 saturated carbocycles. The Morgan fingerprint density at radius 2 is 1.74 bits per heavy atom. The van der Waals surface area contributed by atoms with Crippen molar-refractivity contribution in [1.29, 1.82) is 0 Å². The molecule has 1 fully saturated rings. The van der Waals surface area contributed by atoms with Crippen LogP contribution in [-0.2, 0) is 11.3 Å². The number of amides is 1. The van der Waals surface area contributed by atoms with E-state index in [1.54, 1.807) is 0 Å². The second-order valence-electron chi connectivity index (χ2n) is 8.62. The molecular weight excluding hydrogens is 392 g/mol. The first-order valence-electron chi connectivity index (χ1n) is 10.9. The first-order valence-corrected chi connectivity index (χ1v) is 10.9. The van der Waals surface area contributed by atoms with Crippen LogP contribution in [0.3, 0.4) is 0 Å². The number of benzene rings is 1. The van der Waals surface area contributed by atoms with Gasteiger partial charge < -0.3 is 19.6 Å². The highest BCUT2D eigenvalue weighted by Crippen LogP contribution is 2.22. The summed E-state index contributed by atoms with van der Waals surface area (Å²) in [5.74, 6) is 0.895. The number of rotatable bonds is 6. The Labute approximate surface area is 182 Å². The SMILES string of the molecule is Cc1ccc(-n2nc(C)c(NC(=O)C[NH+]3CC[NH+](Cc4cc(C)on4)CC3)c2C)cc1. The van der Waals surface area contributed by atoms with E-state index in [9.17, 15) is 4.79 Å². The molecule has 0 radical (unpaired) electrons. The normalized spacial score (nSPS) is 18.8. The monoisotopic (exact) mass is 424 g/mol. The van der Waals surface area contributed by atoms with Crippen LogP contribution in [0, 0.1) is 27.7 Å². The van der Waals surface area contributed by atoms with Gasteiger partial charge in [0.1, 0.15) is 44.2 Å². The van der Waals surface area contributed by atoms with E-state index in [1.165, 1.54) is 15.4 Å². The predicted molar refractivity (Wildman–Crippen MR) is 118 cm³/mol. The Kier molecular flexibility index (Phi) is 6.20. The number of nitrogens with zero attached hydrogens (tertiary/aromatic N) is 3. The van der Waals surface area contributed by atoms with Crippen molar-refractivity contribution in [3.8, 4) is 5.69 Å². The molecular formula is C23H32N6O2+2. The zero-order valence-corrected chi connectivity index (χ0v) is 18.8. The van der Waals surface area contributed by atoms with Crippen molar-refractivity contribution in [1.82, 2.24) is 14.9 Å². The minimum Gasteiger partial charge on any atom is -0.361 e. The molecule has 0 unspecified atom stereocenters. The van der Waals surface area contributed by atoms with Crippen molar-refractivity contribution < 1.29 is 19.1 Å². The molecule has 2 aromatic heterocycles. The van der Waals surface area contributed by atoms with Gasteiger partial charge in [-0.1, -0.05) is 22.9 Å². The maximum absolute atomic E-state index is 12.8. The first-order chi connectivity index (χ1) is 14.9. The van der Waals surface area contributed by atoms with Crippen molar-refractivity contribution in [2.24, 2.45) is 0 Å². The summed E-state index contributed by atoms with van der Waals surface area (Å²) in [5, 5.41) is 11.8. The zero-order chi connectivity index (χ0) is 22.0. The second-order valence-corrected chi connectivity index (χ2v) is 8.62. The summed E-state index contributed by atoms with van der Waals surface area (Å²) in [5.41, 5.74) is 5.81. The van der Waals surface area contributed by atoms with Crippen LogP contribution in [0.2, 0.25) is 0 Å². The maximum Gasteiger partial charge on any atom is 0.279 e. The topological polar surface area (TPSA) is 81.8 Å². The molecule has 4 rings (SSSR count). The fourth-order valence-electron chi connectivity index (χ4n) is 4.24. The molecule has 1 aliphatic rings. The molecule has 164 valence electrons. The van der Waals surface area contributed by atoms with Crippen molar-refractivity contribution in [2.45, 2.75) is 34.2 Å². The number of quaternary nitrogens is 2. The average Bonchev–Trinajstić information content (AvgIpc) is 3.27. The van der Waals surface area contributed by atoms with Gasteiger partial charge in [-0.2, -0.15) is 5.10 Å². The molecule has 1 aromatic carbocycles. The van der Waals surface area contributed by atoms with Gasteiger partial charge in [-0.25, -0.2) is 4.68 Å². The first kappa shape index (κ1) is 21.3. The van der Waals surface area contributed by atoms with Gasteiger partial charge in [-0.05, 0) is 39.8 Å². The van der Waals surface area contributed by atoms with Gasteiger partial charge in [0.05, 0.1) is 22.8 Å². The zero-order valence-electron chi connectivity index (χ0n) is 18.8. The number of carbonyl (C=O) groups excluding carboxylic acids is 1. The number of carbonyl (C=O) groups is 1. The van der Waals surface area contributed by atoms with Crippen LogP contribution in [0.4, 0.5) is 5.69 Å². The molecule has 1 saturated heterocycles. The van der Waals surface area contributed by atoms with E-state index >= 15 is 0 Å². The lowest BCUT2D eigenvalue weighted by atomic mass is 10.2. The maximum atomic E-state index is 12.8. The third-order valence-corrected chi connectivity index (χ3v) is 6.02. The van der Waals surface area contributed by atoms with Crippen LogP contribution < -0.4 is 15.1 Å². The van der Waals surface area contributed by atoms with E-state index in [4.69, 9.17) is 4.52 Å². The number of aromatic nitrogens is 3. The number of hydrogen-bond acceptors (Lipinski definition) is 4. The minimum absolute atomic E-state index is 0.0419. The Balaban J connectivity index is 1.32. The molecule has 3 N–H and O–H groups in total. The van der Waals surface area contributed by atoms with Crippen LogP contribution in [0.25, 0.3) is 5.69 Å². The Morgan fingerprint density at radius 3 is 2.39 bits per heavy atom. The summed E-state index contributed by atoms with van der Waals surface area (Å²) in [6.45, 7) is 13.3. The molecule has 8 heteroatoms. The summed E-state index contributed by atoms with van der Waals surface area (Å²) in [6.07, 6.45) is 0. The summed E-state index contributed by atoms with van der Waals surface area (Å²) < 4.78 is 7.06. The standard InChI is InChI=1S/C23H30N6O2/c1-16-5-7-21(8-6-16)29-19(4)23(18(3)25-29)24-22(30)15-28-11-9-27(10-12-28)14-20-13-17(2)31-26-20/h5-8,13H,9-12,14-15H2,1-4H3,(H,24,30)/p+2. The minimum atomic E-state index is 0.0419. The molecule has 8 nitrogen and oxygen atoms in total. The third kappa shape index (κ3) is 5.03. The van der Waals surface area contributed by atoms with Crippen LogP contribution in [-0.4, -0.2) is 53.6 Å². The average molecular weight is 425 g/mol. The molecule has 31 heavy (non-hydrogen) atoms. The molecule has 3 heterocycles. The fourth-order valence-corrected chi connectivity index (χ4v) is 4.24. The Hall–Kier alpha value is -2.97. The number of hydrogen-bond donors (Lipinski definition) is 3. The molecule has 0 aliphatic carbocycles. The lowest BCUT2D eigenvalue weighted by Gasteiger charge is -2.28. The molecule has 0 spiro atoms. The Morgan fingerprint density at radius 1 is 1.06 bits per heavy atom. The van der Waals surface area contributed by atoms with Gasteiger partial charge in [0, 0.05) is 6.07 Å². The summed E-state index contributed by atoms with van der Waals surface area (Å²) >= 11 is 0. The van der Waals surface area contributed by atoms with E-state index in [0.29, 0.717) is 6.54 Å². The number of aryl methyl sites for hydroxylation is 3. The molecule has 1 aliphatic heterocycles.